The van der Waals surface area contributed by atoms with E-state index in [4.69, 9.17) is 0 Å². The second kappa shape index (κ2) is 8.42. The van der Waals surface area contributed by atoms with E-state index >= 15 is 0 Å². The number of nitrogens with one attached hydrogen (secondary N) is 1. The van der Waals surface area contributed by atoms with Crippen LogP contribution in [0.5, 0.6) is 0 Å². The third kappa shape index (κ3) is 4.53. The van der Waals surface area contributed by atoms with E-state index in [0.29, 0.717) is 11.1 Å². The van der Waals surface area contributed by atoms with E-state index in [9.17, 15) is 20.1 Å². The molecule has 0 spiro atoms. The molecule has 0 aliphatic heterocycles. The number of imide groups is 1. The monoisotopic (exact) mass is 331 g/mol. The molecule has 0 saturated carbocycles. The van der Waals surface area contributed by atoms with Crippen molar-refractivity contribution < 1.29 is 9.59 Å². The van der Waals surface area contributed by atoms with Crippen LogP contribution in [0.25, 0.3) is 0 Å². The summed E-state index contributed by atoms with van der Waals surface area (Å²) in [6.45, 7) is 1.79. The molecule has 2 aromatic rings. The summed E-state index contributed by atoms with van der Waals surface area (Å²) in [5.41, 5.74) is 1.90. The van der Waals surface area contributed by atoms with Crippen LogP contribution in [-0.4, -0.2) is 11.8 Å². The molecule has 1 atom stereocenters. The molecule has 124 valence electrons. The smallest absolute Gasteiger partial charge is 0.258 e. The minimum atomic E-state index is -0.971. The van der Waals surface area contributed by atoms with Gasteiger partial charge in [-0.2, -0.15) is 10.5 Å². The molecule has 25 heavy (non-hydrogen) atoms. The van der Waals surface area contributed by atoms with Crippen LogP contribution in [0.2, 0.25) is 0 Å². The maximum Gasteiger partial charge on any atom is 0.258 e. The van der Waals surface area contributed by atoms with Crippen LogP contribution in [0, 0.1) is 35.5 Å². The number of carbonyl (C=O) groups is 2. The minimum absolute atomic E-state index is 0.118. The van der Waals surface area contributed by atoms with Crippen molar-refractivity contribution in [2.75, 3.05) is 0 Å². The van der Waals surface area contributed by atoms with E-state index in [1.807, 2.05) is 24.3 Å². The van der Waals surface area contributed by atoms with Crippen molar-refractivity contribution in [3.05, 3.63) is 71.3 Å². The third-order valence-electron chi connectivity index (χ3n) is 3.96. The first kappa shape index (κ1) is 17.9. The first-order valence-electron chi connectivity index (χ1n) is 7.80. The fraction of sp³-hybridized carbons (Fsp3) is 0.200. The Labute approximate surface area is 146 Å². The number of amides is 2. The Bertz CT molecular complexity index is 833. The lowest BCUT2D eigenvalue weighted by Gasteiger charge is -2.17. The summed E-state index contributed by atoms with van der Waals surface area (Å²) in [7, 11) is 0. The largest absolute Gasteiger partial charge is 0.292 e. The normalized spacial score (nSPS) is 11.2. The van der Waals surface area contributed by atoms with Crippen molar-refractivity contribution in [3.8, 4) is 12.1 Å². The SMILES string of the molecule is Cc1ccccc1C(=O)NC(=O)C[C@H](c1ccccc1)C(C#N)C#N. The Morgan fingerprint density at radius 1 is 1.00 bits per heavy atom. The number of nitriles is 2. The van der Waals surface area contributed by atoms with E-state index in [1.165, 1.54) is 0 Å². The molecule has 0 aliphatic rings. The molecule has 2 rings (SSSR count). The second-order valence-electron chi connectivity index (χ2n) is 5.65. The predicted octanol–water partition coefficient (Wildman–Crippen LogP) is 3.09. The lowest BCUT2D eigenvalue weighted by molar-refractivity contribution is -0.120. The van der Waals surface area contributed by atoms with Crippen LogP contribution < -0.4 is 5.32 Å². The van der Waals surface area contributed by atoms with E-state index in [0.717, 1.165) is 5.56 Å². The van der Waals surface area contributed by atoms with Crippen LogP contribution in [0.15, 0.2) is 54.6 Å². The van der Waals surface area contributed by atoms with Gasteiger partial charge in [-0.05, 0) is 24.1 Å². The Hall–Kier alpha value is -3.44. The molecular weight excluding hydrogens is 314 g/mol. The van der Waals surface area contributed by atoms with E-state index in [2.05, 4.69) is 5.32 Å². The second-order valence-corrected chi connectivity index (χ2v) is 5.65. The highest BCUT2D eigenvalue weighted by Gasteiger charge is 2.26. The standard InChI is InChI=1S/C20H17N3O2/c1-14-7-5-6-10-17(14)20(25)23-19(24)11-18(16(12-21)13-22)15-8-3-2-4-9-15/h2-10,16,18H,11H2,1H3,(H,23,24,25)/t18-/m1/s1. The summed E-state index contributed by atoms with van der Waals surface area (Å²) in [6.07, 6.45) is -0.118. The number of hydrogen-bond acceptors (Lipinski definition) is 4. The quantitative estimate of drug-likeness (QED) is 0.911. The van der Waals surface area contributed by atoms with Gasteiger partial charge in [0.15, 0.2) is 0 Å². The van der Waals surface area contributed by atoms with Crippen molar-refractivity contribution in [2.24, 2.45) is 5.92 Å². The highest BCUT2D eigenvalue weighted by molar-refractivity contribution is 6.05. The molecule has 0 aromatic heterocycles. The number of hydrogen-bond donors (Lipinski definition) is 1. The van der Waals surface area contributed by atoms with Crippen molar-refractivity contribution in [1.82, 2.24) is 5.32 Å². The molecule has 5 nitrogen and oxygen atoms in total. The van der Waals surface area contributed by atoms with Gasteiger partial charge >= 0.3 is 0 Å². The Kier molecular flexibility index (Phi) is 6.03. The summed E-state index contributed by atoms with van der Waals surface area (Å²) in [4.78, 5) is 24.5. The zero-order valence-corrected chi connectivity index (χ0v) is 13.8. The molecule has 1 N–H and O–H groups in total. The lowest BCUT2D eigenvalue weighted by Crippen LogP contribution is -2.32. The van der Waals surface area contributed by atoms with Crippen LogP contribution in [0.3, 0.4) is 0 Å². The summed E-state index contributed by atoms with van der Waals surface area (Å²) >= 11 is 0. The van der Waals surface area contributed by atoms with Gasteiger partial charge in [-0.1, -0.05) is 48.5 Å². The average Bonchev–Trinajstić information content (AvgIpc) is 2.62. The average molecular weight is 331 g/mol. The Balaban J connectivity index is 2.15. The Morgan fingerprint density at radius 2 is 1.60 bits per heavy atom. The molecule has 2 amide bonds. The van der Waals surface area contributed by atoms with Gasteiger partial charge in [0.05, 0.1) is 12.1 Å². The van der Waals surface area contributed by atoms with Crippen LogP contribution in [0.1, 0.15) is 33.8 Å². The fourth-order valence-corrected chi connectivity index (χ4v) is 2.61. The summed E-state index contributed by atoms with van der Waals surface area (Å²) in [6, 6.07) is 19.7. The first-order chi connectivity index (χ1) is 12.1. The molecule has 0 unspecified atom stereocenters. The Morgan fingerprint density at radius 3 is 2.20 bits per heavy atom. The molecule has 0 heterocycles. The predicted molar refractivity (Wildman–Crippen MR) is 92.2 cm³/mol. The maximum atomic E-state index is 12.3. The molecule has 0 radical (unpaired) electrons. The van der Waals surface area contributed by atoms with Gasteiger partial charge in [-0.3, -0.25) is 14.9 Å². The minimum Gasteiger partial charge on any atom is -0.292 e. The highest BCUT2D eigenvalue weighted by atomic mass is 16.2. The van der Waals surface area contributed by atoms with Crippen LogP contribution in [0.4, 0.5) is 0 Å². The molecule has 0 saturated heterocycles. The van der Waals surface area contributed by atoms with Crippen LogP contribution >= 0.6 is 0 Å². The molecule has 0 aliphatic carbocycles. The number of aryl methyl sites for hydroxylation is 1. The van der Waals surface area contributed by atoms with E-state index in [-0.39, 0.29) is 6.42 Å². The number of benzene rings is 2. The van der Waals surface area contributed by atoms with Gasteiger partial charge in [0.1, 0.15) is 5.92 Å². The third-order valence-corrected chi connectivity index (χ3v) is 3.96. The van der Waals surface area contributed by atoms with Crippen LogP contribution in [-0.2, 0) is 4.79 Å². The van der Waals surface area contributed by atoms with E-state index in [1.54, 1.807) is 49.4 Å². The molecule has 2 aromatic carbocycles. The lowest BCUT2D eigenvalue weighted by atomic mass is 9.85. The topological polar surface area (TPSA) is 93.8 Å². The van der Waals surface area contributed by atoms with Crippen molar-refractivity contribution in [1.29, 1.82) is 10.5 Å². The first-order valence-corrected chi connectivity index (χ1v) is 7.80. The summed E-state index contributed by atoms with van der Waals surface area (Å²) in [5.74, 6) is -2.57. The fourth-order valence-electron chi connectivity index (χ4n) is 2.61. The van der Waals surface area contributed by atoms with Gasteiger partial charge in [0, 0.05) is 17.9 Å². The van der Waals surface area contributed by atoms with Gasteiger partial charge in [-0.15, -0.1) is 0 Å². The van der Waals surface area contributed by atoms with Crippen molar-refractivity contribution >= 4 is 11.8 Å². The number of nitrogens with zero attached hydrogens (tertiary/aromatic N) is 2. The van der Waals surface area contributed by atoms with Gasteiger partial charge in [-0.25, -0.2) is 0 Å². The van der Waals surface area contributed by atoms with Gasteiger partial charge < -0.3 is 0 Å². The van der Waals surface area contributed by atoms with Gasteiger partial charge in [0.2, 0.25) is 5.91 Å². The number of rotatable bonds is 5. The molecule has 0 bridgehead atoms. The molecule has 5 heteroatoms. The summed E-state index contributed by atoms with van der Waals surface area (Å²) < 4.78 is 0. The molecular formula is C20H17N3O2. The zero-order valence-electron chi connectivity index (χ0n) is 13.8. The molecule has 0 fully saturated rings. The van der Waals surface area contributed by atoms with Gasteiger partial charge in [0.25, 0.3) is 5.91 Å². The van der Waals surface area contributed by atoms with Crippen molar-refractivity contribution in [2.45, 2.75) is 19.3 Å². The van der Waals surface area contributed by atoms with E-state index < -0.39 is 23.7 Å². The van der Waals surface area contributed by atoms with Crippen molar-refractivity contribution in [3.63, 3.8) is 0 Å². The number of carbonyl (C=O) groups excluding carboxylic acids is 2. The maximum absolute atomic E-state index is 12.3. The highest BCUT2D eigenvalue weighted by Crippen LogP contribution is 2.27. The summed E-state index contributed by atoms with van der Waals surface area (Å²) in [5, 5.41) is 20.7. The zero-order chi connectivity index (χ0) is 18.2.